The molecule has 0 atom stereocenters. The van der Waals surface area contributed by atoms with Gasteiger partial charge in [-0.3, -0.25) is 4.79 Å². The standard InChI is InChI=1S/C20H21N3O3/c24-18(16-8-5-9-21-17(16)23-10-3-4-11-23)22-20(19(25)26)12-14-6-1-2-7-15(14)13-20/h1-2,5-9H,3-4,10-13H2,(H,22,24)(H,25,26). The molecule has 2 aliphatic rings. The summed E-state index contributed by atoms with van der Waals surface area (Å²) in [6.45, 7) is 1.74. The third kappa shape index (κ3) is 2.81. The van der Waals surface area contributed by atoms with Gasteiger partial charge in [-0.2, -0.15) is 0 Å². The molecule has 1 aromatic carbocycles. The van der Waals surface area contributed by atoms with Crippen molar-refractivity contribution in [3.63, 3.8) is 0 Å². The summed E-state index contributed by atoms with van der Waals surface area (Å²) in [5.74, 6) is -0.748. The van der Waals surface area contributed by atoms with Crippen molar-refractivity contribution in [3.05, 3.63) is 59.3 Å². The van der Waals surface area contributed by atoms with E-state index in [4.69, 9.17) is 0 Å². The topological polar surface area (TPSA) is 82.5 Å². The van der Waals surface area contributed by atoms with Crippen molar-refractivity contribution < 1.29 is 14.7 Å². The number of carbonyl (C=O) groups excluding carboxylic acids is 1. The first-order chi connectivity index (χ1) is 12.6. The number of nitrogens with zero attached hydrogens (tertiary/aromatic N) is 2. The van der Waals surface area contributed by atoms with Crippen LogP contribution in [0.1, 0.15) is 34.3 Å². The molecule has 2 heterocycles. The Hall–Kier alpha value is -2.89. The number of pyridine rings is 1. The zero-order valence-corrected chi connectivity index (χ0v) is 14.4. The van der Waals surface area contributed by atoms with Crippen molar-refractivity contribution >= 4 is 17.7 Å². The Morgan fingerprint density at radius 2 is 1.69 bits per heavy atom. The maximum atomic E-state index is 13.0. The maximum Gasteiger partial charge on any atom is 0.330 e. The minimum Gasteiger partial charge on any atom is -0.479 e. The molecular weight excluding hydrogens is 330 g/mol. The van der Waals surface area contributed by atoms with Gasteiger partial charge in [-0.15, -0.1) is 0 Å². The molecule has 1 fully saturated rings. The van der Waals surface area contributed by atoms with Gasteiger partial charge in [0.05, 0.1) is 5.56 Å². The monoisotopic (exact) mass is 351 g/mol. The molecule has 134 valence electrons. The first-order valence-electron chi connectivity index (χ1n) is 8.92. The van der Waals surface area contributed by atoms with Crippen molar-refractivity contribution in [2.45, 2.75) is 31.2 Å². The highest BCUT2D eigenvalue weighted by atomic mass is 16.4. The number of anilines is 1. The van der Waals surface area contributed by atoms with E-state index >= 15 is 0 Å². The van der Waals surface area contributed by atoms with Gasteiger partial charge in [0.25, 0.3) is 5.91 Å². The van der Waals surface area contributed by atoms with Gasteiger partial charge in [0.15, 0.2) is 0 Å². The first-order valence-corrected chi connectivity index (χ1v) is 8.92. The first kappa shape index (κ1) is 16.6. The Kier molecular flexibility index (Phi) is 4.11. The Morgan fingerprint density at radius 3 is 2.31 bits per heavy atom. The van der Waals surface area contributed by atoms with Gasteiger partial charge in [0, 0.05) is 32.1 Å². The summed E-state index contributed by atoms with van der Waals surface area (Å²) in [5.41, 5.74) is 1.08. The molecule has 0 radical (unpaired) electrons. The third-order valence-corrected chi connectivity index (χ3v) is 5.30. The van der Waals surface area contributed by atoms with Crippen molar-refractivity contribution in [1.29, 1.82) is 0 Å². The van der Waals surface area contributed by atoms with E-state index < -0.39 is 11.5 Å². The molecule has 6 heteroatoms. The predicted molar refractivity (Wildman–Crippen MR) is 97.4 cm³/mol. The molecular formula is C20H21N3O3. The number of benzene rings is 1. The average molecular weight is 351 g/mol. The summed E-state index contributed by atoms with van der Waals surface area (Å²) < 4.78 is 0. The molecule has 26 heavy (non-hydrogen) atoms. The molecule has 1 saturated heterocycles. The molecule has 1 aromatic heterocycles. The molecule has 1 aliphatic carbocycles. The van der Waals surface area contributed by atoms with Crippen LogP contribution in [0.4, 0.5) is 5.82 Å². The van der Waals surface area contributed by atoms with Crippen LogP contribution in [0.5, 0.6) is 0 Å². The second kappa shape index (κ2) is 6.44. The number of amides is 1. The summed E-state index contributed by atoms with van der Waals surface area (Å²) in [6.07, 6.45) is 4.41. The highest BCUT2D eigenvalue weighted by Crippen LogP contribution is 2.31. The second-order valence-electron chi connectivity index (χ2n) is 7.03. The van der Waals surface area contributed by atoms with Crippen LogP contribution in [0, 0.1) is 0 Å². The minimum atomic E-state index is -1.31. The lowest BCUT2D eigenvalue weighted by Crippen LogP contribution is -2.55. The Balaban J connectivity index is 1.62. The molecule has 0 bridgehead atoms. The zero-order valence-electron chi connectivity index (χ0n) is 14.4. The van der Waals surface area contributed by atoms with E-state index in [-0.39, 0.29) is 5.91 Å². The fourth-order valence-electron chi connectivity index (χ4n) is 3.95. The van der Waals surface area contributed by atoms with Crippen LogP contribution in [0.3, 0.4) is 0 Å². The third-order valence-electron chi connectivity index (χ3n) is 5.30. The second-order valence-corrected chi connectivity index (χ2v) is 7.03. The predicted octanol–water partition coefficient (Wildman–Crippen LogP) is 2.03. The van der Waals surface area contributed by atoms with Gasteiger partial charge in [-0.1, -0.05) is 24.3 Å². The molecule has 2 N–H and O–H groups in total. The maximum absolute atomic E-state index is 13.0. The molecule has 0 spiro atoms. The zero-order chi connectivity index (χ0) is 18.1. The van der Waals surface area contributed by atoms with E-state index in [1.54, 1.807) is 18.3 Å². The minimum absolute atomic E-state index is 0.295. The van der Waals surface area contributed by atoms with Crippen molar-refractivity contribution in [1.82, 2.24) is 10.3 Å². The number of aromatic nitrogens is 1. The van der Waals surface area contributed by atoms with E-state index in [2.05, 4.69) is 15.2 Å². The summed E-state index contributed by atoms with van der Waals surface area (Å²) in [5, 5.41) is 12.7. The summed E-state index contributed by atoms with van der Waals surface area (Å²) in [4.78, 5) is 31.5. The van der Waals surface area contributed by atoms with Crippen molar-refractivity contribution in [3.8, 4) is 0 Å². The molecule has 6 nitrogen and oxygen atoms in total. The molecule has 0 saturated carbocycles. The van der Waals surface area contributed by atoms with Crippen LogP contribution >= 0.6 is 0 Å². The Labute approximate surface area is 151 Å². The smallest absolute Gasteiger partial charge is 0.330 e. The Morgan fingerprint density at radius 1 is 1.04 bits per heavy atom. The van der Waals surface area contributed by atoms with Gasteiger partial charge in [0.2, 0.25) is 0 Å². The number of carboxylic acids is 1. The number of fused-ring (bicyclic) bond motifs is 1. The van der Waals surface area contributed by atoms with Gasteiger partial charge in [0.1, 0.15) is 11.4 Å². The van der Waals surface area contributed by atoms with E-state index in [1.165, 1.54) is 0 Å². The normalized spacial score (nSPS) is 17.8. The lowest BCUT2D eigenvalue weighted by Gasteiger charge is -2.27. The number of carbonyl (C=O) groups is 2. The number of hydrogen-bond acceptors (Lipinski definition) is 4. The molecule has 2 aromatic rings. The van der Waals surface area contributed by atoms with Crippen molar-refractivity contribution in [2.75, 3.05) is 18.0 Å². The van der Waals surface area contributed by atoms with Crippen LogP contribution in [0.25, 0.3) is 0 Å². The fraction of sp³-hybridized carbons (Fsp3) is 0.350. The van der Waals surface area contributed by atoms with E-state index in [0.29, 0.717) is 24.2 Å². The number of aliphatic carboxylic acids is 1. The largest absolute Gasteiger partial charge is 0.479 e. The van der Waals surface area contributed by atoms with E-state index in [0.717, 1.165) is 37.1 Å². The molecule has 1 amide bonds. The SMILES string of the molecule is O=C(NC1(C(=O)O)Cc2ccccc2C1)c1cccnc1N1CCCC1. The van der Waals surface area contributed by atoms with Crippen LogP contribution in [0.2, 0.25) is 0 Å². The molecule has 0 unspecified atom stereocenters. The van der Waals surface area contributed by atoms with Crippen LogP contribution < -0.4 is 10.2 Å². The summed E-state index contributed by atoms with van der Waals surface area (Å²) >= 11 is 0. The highest BCUT2D eigenvalue weighted by Gasteiger charge is 2.45. The summed E-state index contributed by atoms with van der Waals surface area (Å²) in [6, 6.07) is 11.1. The van der Waals surface area contributed by atoms with Crippen LogP contribution in [0.15, 0.2) is 42.6 Å². The van der Waals surface area contributed by atoms with E-state index in [1.807, 2.05) is 24.3 Å². The highest BCUT2D eigenvalue weighted by molar-refractivity contribution is 6.02. The van der Waals surface area contributed by atoms with Crippen molar-refractivity contribution in [2.24, 2.45) is 0 Å². The summed E-state index contributed by atoms with van der Waals surface area (Å²) in [7, 11) is 0. The average Bonchev–Trinajstić information content (AvgIpc) is 3.29. The number of rotatable bonds is 4. The van der Waals surface area contributed by atoms with Gasteiger partial charge in [-0.05, 0) is 36.1 Å². The lowest BCUT2D eigenvalue weighted by molar-refractivity contribution is -0.144. The van der Waals surface area contributed by atoms with Crippen LogP contribution in [-0.2, 0) is 17.6 Å². The Bertz CT molecular complexity index is 834. The number of hydrogen-bond donors (Lipinski definition) is 2. The van der Waals surface area contributed by atoms with Crippen LogP contribution in [-0.4, -0.2) is 40.6 Å². The van der Waals surface area contributed by atoms with Gasteiger partial charge >= 0.3 is 5.97 Å². The quantitative estimate of drug-likeness (QED) is 0.881. The van der Waals surface area contributed by atoms with E-state index in [9.17, 15) is 14.7 Å². The fourth-order valence-corrected chi connectivity index (χ4v) is 3.95. The number of carboxylic acid groups (broad SMARTS) is 1. The van der Waals surface area contributed by atoms with Gasteiger partial charge in [-0.25, -0.2) is 9.78 Å². The lowest BCUT2D eigenvalue weighted by atomic mass is 9.95. The molecule has 1 aliphatic heterocycles. The van der Waals surface area contributed by atoms with Gasteiger partial charge < -0.3 is 15.3 Å². The molecule has 4 rings (SSSR count). The number of nitrogens with one attached hydrogen (secondary N) is 1.